The summed E-state index contributed by atoms with van der Waals surface area (Å²) >= 11 is 0. The highest BCUT2D eigenvalue weighted by Gasteiger charge is 2.30. The topological polar surface area (TPSA) is 161 Å². The standard InChI is InChI=1S/C36H51N9O3/c1-10-22(2)31(38)45-20-23(15-18-29(45)37)48-27-17-16-26(24-13-11-12-14-25(24)27)40-34(47)43-30-19-28(35(3,4)5)41-32(42-30)33(46)39-21-36(6,7)44(8)9/h11-15,18-20,22,26-27,37-38H,10,16-17,21H2,1-9H3,(H,39,46)(H2,40,41,42,43,47)/t22-,26-,27+/m0/s1. The Labute approximate surface area is 283 Å². The van der Waals surface area contributed by atoms with Crippen LogP contribution in [-0.2, 0) is 5.41 Å². The van der Waals surface area contributed by atoms with Crippen molar-refractivity contribution in [2.45, 2.75) is 90.8 Å². The first kappa shape index (κ1) is 36.3. The molecule has 0 saturated carbocycles. The zero-order valence-electron chi connectivity index (χ0n) is 29.7. The van der Waals surface area contributed by atoms with E-state index in [0.717, 1.165) is 17.5 Å². The molecule has 2 aromatic heterocycles. The van der Waals surface area contributed by atoms with Gasteiger partial charge in [-0.1, -0.05) is 58.9 Å². The Balaban J connectivity index is 1.50. The number of anilines is 1. The van der Waals surface area contributed by atoms with Crippen molar-refractivity contribution in [3.8, 4) is 5.75 Å². The number of fused-ring (bicyclic) bond motifs is 1. The molecule has 258 valence electrons. The average Bonchev–Trinajstić information content (AvgIpc) is 3.04. The van der Waals surface area contributed by atoms with Gasteiger partial charge in [-0.15, -0.1) is 0 Å². The van der Waals surface area contributed by atoms with Crippen LogP contribution in [-0.4, -0.2) is 63.4 Å². The Morgan fingerprint density at radius 1 is 1.06 bits per heavy atom. The summed E-state index contributed by atoms with van der Waals surface area (Å²) in [6.07, 6.45) is 3.51. The molecule has 1 aliphatic rings. The van der Waals surface area contributed by atoms with E-state index in [4.69, 9.17) is 15.6 Å². The number of amides is 3. The van der Waals surface area contributed by atoms with E-state index in [1.807, 2.05) is 91.7 Å². The lowest BCUT2D eigenvalue weighted by Crippen LogP contribution is -2.48. The number of carbonyl (C=O) groups excluding carboxylic acids is 2. The SMILES string of the molecule is CC[C@H](C)C(=N)n1cc(O[C@@H]2CC[C@H](NC(=O)Nc3cc(C(C)(C)C)nc(C(=O)NCC(C)(C)N(C)C)n3)c3ccccc32)ccc1=N. The second-order valence-electron chi connectivity index (χ2n) is 14.4. The smallest absolute Gasteiger partial charge is 0.320 e. The van der Waals surface area contributed by atoms with E-state index in [1.165, 1.54) is 0 Å². The Hall–Kier alpha value is -4.58. The highest BCUT2D eigenvalue weighted by molar-refractivity contribution is 5.92. The molecule has 0 aliphatic heterocycles. The van der Waals surface area contributed by atoms with Crippen LogP contribution in [0.2, 0.25) is 0 Å². The number of benzene rings is 1. The van der Waals surface area contributed by atoms with Crippen LogP contribution in [0, 0.1) is 16.7 Å². The van der Waals surface area contributed by atoms with Crippen LogP contribution in [0.15, 0.2) is 48.7 Å². The predicted octanol–water partition coefficient (Wildman–Crippen LogP) is 5.77. The first-order valence-corrected chi connectivity index (χ1v) is 16.5. The molecule has 0 saturated heterocycles. The zero-order chi connectivity index (χ0) is 35.4. The molecule has 5 N–H and O–H groups in total. The fourth-order valence-electron chi connectivity index (χ4n) is 5.21. The first-order chi connectivity index (χ1) is 22.5. The molecule has 3 aromatic rings. The lowest BCUT2D eigenvalue weighted by Gasteiger charge is -2.32. The van der Waals surface area contributed by atoms with Crippen LogP contribution in [0.5, 0.6) is 5.75 Å². The zero-order valence-corrected chi connectivity index (χ0v) is 29.7. The van der Waals surface area contributed by atoms with Gasteiger partial charge in [-0.3, -0.25) is 25.5 Å². The third-order valence-corrected chi connectivity index (χ3v) is 9.11. The van der Waals surface area contributed by atoms with Crippen LogP contribution in [0.1, 0.15) is 107 Å². The quantitative estimate of drug-likeness (QED) is 0.137. The molecule has 1 aromatic carbocycles. The van der Waals surface area contributed by atoms with Crippen molar-refractivity contribution in [3.63, 3.8) is 0 Å². The second kappa shape index (κ2) is 14.7. The molecule has 0 bridgehead atoms. The number of likely N-dealkylation sites (N-methyl/N-ethyl adjacent to an activating group) is 1. The van der Waals surface area contributed by atoms with Crippen molar-refractivity contribution >= 4 is 23.6 Å². The van der Waals surface area contributed by atoms with E-state index in [1.54, 1.807) is 29.0 Å². The van der Waals surface area contributed by atoms with E-state index < -0.39 is 11.9 Å². The maximum atomic E-state index is 13.4. The Morgan fingerprint density at radius 3 is 2.40 bits per heavy atom. The van der Waals surface area contributed by atoms with Crippen molar-refractivity contribution in [3.05, 3.63) is 76.8 Å². The van der Waals surface area contributed by atoms with Gasteiger partial charge in [-0.05, 0) is 70.5 Å². The minimum Gasteiger partial charge on any atom is -0.484 e. The van der Waals surface area contributed by atoms with Crippen LogP contribution in [0.3, 0.4) is 0 Å². The molecule has 0 unspecified atom stereocenters. The van der Waals surface area contributed by atoms with Crippen molar-refractivity contribution in [2.75, 3.05) is 26.0 Å². The minimum absolute atomic E-state index is 0.00524. The van der Waals surface area contributed by atoms with Crippen molar-refractivity contribution in [1.82, 2.24) is 30.1 Å². The summed E-state index contributed by atoms with van der Waals surface area (Å²) in [6.45, 7) is 14.4. The first-order valence-electron chi connectivity index (χ1n) is 16.5. The number of nitrogens with zero attached hydrogens (tertiary/aromatic N) is 4. The summed E-state index contributed by atoms with van der Waals surface area (Å²) in [4.78, 5) is 37.5. The summed E-state index contributed by atoms with van der Waals surface area (Å²) in [5.74, 6) is 0.761. The summed E-state index contributed by atoms with van der Waals surface area (Å²) < 4.78 is 8.00. The normalized spacial score (nSPS) is 16.9. The predicted molar refractivity (Wildman–Crippen MR) is 188 cm³/mol. The molecule has 0 fully saturated rings. The highest BCUT2D eigenvalue weighted by atomic mass is 16.5. The molecule has 3 atom stereocenters. The van der Waals surface area contributed by atoms with Crippen molar-refractivity contribution in [2.24, 2.45) is 5.92 Å². The average molecular weight is 658 g/mol. The molecule has 48 heavy (non-hydrogen) atoms. The van der Waals surface area contributed by atoms with E-state index in [0.29, 0.717) is 36.7 Å². The Bertz CT molecular complexity index is 1710. The van der Waals surface area contributed by atoms with Gasteiger partial charge in [0.05, 0.1) is 17.9 Å². The number of carbonyl (C=O) groups is 2. The van der Waals surface area contributed by atoms with E-state index in [-0.39, 0.29) is 46.1 Å². The van der Waals surface area contributed by atoms with E-state index in [2.05, 4.69) is 25.9 Å². The molecule has 1 aliphatic carbocycles. The lowest BCUT2D eigenvalue weighted by molar-refractivity contribution is 0.0909. The monoisotopic (exact) mass is 657 g/mol. The van der Waals surface area contributed by atoms with Crippen molar-refractivity contribution < 1.29 is 14.3 Å². The fraction of sp³-hybridized carbons (Fsp3) is 0.500. The molecular formula is C36H51N9O3. The van der Waals surface area contributed by atoms with E-state index in [9.17, 15) is 9.59 Å². The largest absolute Gasteiger partial charge is 0.484 e. The Morgan fingerprint density at radius 2 is 1.75 bits per heavy atom. The molecular weight excluding hydrogens is 606 g/mol. The summed E-state index contributed by atoms with van der Waals surface area (Å²) in [7, 11) is 3.91. The van der Waals surface area contributed by atoms with Gasteiger partial charge >= 0.3 is 6.03 Å². The highest BCUT2D eigenvalue weighted by Crippen LogP contribution is 2.38. The number of hydrogen-bond donors (Lipinski definition) is 5. The van der Waals surface area contributed by atoms with Gasteiger partial charge in [0, 0.05) is 29.5 Å². The number of urea groups is 1. The fourth-order valence-corrected chi connectivity index (χ4v) is 5.21. The van der Waals surface area contributed by atoms with Gasteiger partial charge in [0.15, 0.2) is 0 Å². The molecule has 12 heteroatoms. The molecule has 0 radical (unpaired) electrons. The number of rotatable bonds is 10. The lowest BCUT2D eigenvalue weighted by atomic mass is 9.85. The van der Waals surface area contributed by atoms with Gasteiger partial charge < -0.3 is 20.3 Å². The molecule has 4 rings (SSSR count). The van der Waals surface area contributed by atoms with Crippen LogP contribution >= 0.6 is 0 Å². The Kier molecular flexibility index (Phi) is 11.1. The number of ether oxygens (including phenoxy) is 1. The van der Waals surface area contributed by atoms with Crippen LogP contribution in [0.25, 0.3) is 0 Å². The van der Waals surface area contributed by atoms with Crippen LogP contribution in [0.4, 0.5) is 10.6 Å². The maximum Gasteiger partial charge on any atom is 0.320 e. The summed E-state index contributed by atoms with van der Waals surface area (Å²) in [6, 6.07) is 12.3. The van der Waals surface area contributed by atoms with Gasteiger partial charge in [0.25, 0.3) is 5.91 Å². The minimum atomic E-state index is -0.441. The van der Waals surface area contributed by atoms with Gasteiger partial charge in [-0.2, -0.15) is 0 Å². The van der Waals surface area contributed by atoms with Gasteiger partial charge in [-0.25, -0.2) is 14.8 Å². The molecule has 0 spiro atoms. The molecule has 12 nitrogen and oxygen atoms in total. The molecule has 2 heterocycles. The van der Waals surface area contributed by atoms with Crippen LogP contribution < -0.4 is 26.2 Å². The number of nitrogens with one attached hydrogen (secondary N) is 5. The third-order valence-electron chi connectivity index (χ3n) is 9.11. The number of pyridine rings is 1. The van der Waals surface area contributed by atoms with Crippen molar-refractivity contribution in [1.29, 1.82) is 10.8 Å². The third kappa shape index (κ3) is 8.66. The van der Waals surface area contributed by atoms with Gasteiger partial charge in [0.1, 0.15) is 29.0 Å². The van der Waals surface area contributed by atoms with E-state index >= 15 is 0 Å². The number of aromatic nitrogens is 3. The maximum absolute atomic E-state index is 13.4. The van der Waals surface area contributed by atoms with Gasteiger partial charge in [0.2, 0.25) is 5.82 Å². The summed E-state index contributed by atoms with van der Waals surface area (Å²) in [5.41, 5.74) is 2.11. The second-order valence-corrected chi connectivity index (χ2v) is 14.4. The molecule has 3 amide bonds. The number of hydrogen-bond acceptors (Lipinski definition) is 8. The summed E-state index contributed by atoms with van der Waals surface area (Å²) in [5, 5.41) is 25.7.